The molecule has 3 rings (SSSR count). The summed E-state index contributed by atoms with van der Waals surface area (Å²) >= 11 is 5.97. The Hall–Kier alpha value is -1.39. The highest BCUT2D eigenvalue weighted by molar-refractivity contribution is 6.31. The third kappa shape index (κ3) is 2.80. The molecule has 1 aliphatic rings. The van der Waals surface area contributed by atoms with Gasteiger partial charge in [-0.05, 0) is 43.9 Å². The summed E-state index contributed by atoms with van der Waals surface area (Å²) in [6, 6.07) is 6.01. The van der Waals surface area contributed by atoms with E-state index in [9.17, 15) is 5.11 Å². The third-order valence-corrected chi connectivity index (χ3v) is 3.87. The predicted molar refractivity (Wildman–Crippen MR) is 76.4 cm³/mol. The van der Waals surface area contributed by atoms with Crippen LogP contribution >= 0.6 is 11.6 Å². The van der Waals surface area contributed by atoms with Gasteiger partial charge in [-0.25, -0.2) is 9.97 Å². The summed E-state index contributed by atoms with van der Waals surface area (Å²) < 4.78 is 0. The van der Waals surface area contributed by atoms with Gasteiger partial charge in [0.25, 0.3) is 0 Å². The lowest BCUT2D eigenvalue weighted by atomic mass is 9.93. The van der Waals surface area contributed by atoms with E-state index in [1.54, 1.807) is 6.33 Å². The Bertz CT molecular complexity index is 582. The lowest BCUT2D eigenvalue weighted by Crippen LogP contribution is -2.28. The Kier molecular flexibility index (Phi) is 3.53. The second-order valence-corrected chi connectivity index (χ2v) is 5.47. The van der Waals surface area contributed by atoms with Crippen LogP contribution in [0.1, 0.15) is 25.7 Å². The molecule has 1 saturated carbocycles. The molecule has 5 heteroatoms. The van der Waals surface area contributed by atoms with Gasteiger partial charge >= 0.3 is 0 Å². The summed E-state index contributed by atoms with van der Waals surface area (Å²) in [6.45, 7) is 0. The van der Waals surface area contributed by atoms with Crippen LogP contribution in [0.5, 0.6) is 0 Å². The van der Waals surface area contributed by atoms with E-state index < -0.39 is 0 Å². The number of aliphatic hydroxyl groups excluding tert-OH is 1. The number of nitrogens with zero attached hydrogens (tertiary/aromatic N) is 2. The van der Waals surface area contributed by atoms with Gasteiger partial charge in [-0.1, -0.05) is 11.6 Å². The lowest BCUT2D eigenvalue weighted by Gasteiger charge is -2.26. The van der Waals surface area contributed by atoms with Crippen molar-refractivity contribution in [3.63, 3.8) is 0 Å². The van der Waals surface area contributed by atoms with Gasteiger partial charge in [-0.15, -0.1) is 0 Å². The van der Waals surface area contributed by atoms with E-state index in [1.165, 1.54) is 0 Å². The normalized spacial score (nSPS) is 23.5. The lowest BCUT2D eigenvalue weighted by molar-refractivity contribution is 0.126. The maximum Gasteiger partial charge on any atom is 0.137 e. The van der Waals surface area contributed by atoms with Gasteiger partial charge in [0.15, 0.2) is 0 Å². The van der Waals surface area contributed by atoms with Crippen LogP contribution in [-0.2, 0) is 0 Å². The van der Waals surface area contributed by atoms with E-state index in [2.05, 4.69) is 15.3 Å². The number of rotatable bonds is 2. The van der Waals surface area contributed by atoms with Gasteiger partial charge in [0.1, 0.15) is 12.1 Å². The molecule has 0 spiro atoms. The molecule has 4 nitrogen and oxygen atoms in total. The molecular weight excluding hydrogens is 262 g/mol. The predicted octanol–water partition coefficient (Wildman–Crippen LogP) is 3.00. The molecule has 2 aromatic rings. The van der Waals surface area contributed by atoms with Crippen LogP contribution < -0.4 is 5.32 Å². The Morgan fingerprint density at radius 2 is 1.95 bits per heavy atom. The highest BCUT2D eigenvalue weighted by Gasteiger charge is 2.20. The van der Waals surface area contributed by atoms with Crippen LogP contribution in [0, 0.1) is 0 Å². The van der Waals surface area contributed by atoms with Crippen LogP contribution in [0.2, 0.25) is 5.02 Å². The number of aromatic nitrogens is 2. The fourth-order valence-corrected chi connectivity index (χ4v) is 2.73. The molecule has 1 aliphatic carbocycles. The Balaban J connectivity index is 1.84. The molecule has 0 bridgehead atoms. The van der Waals surface area contributed by atoms with E-state index in [0.717, 1.165) is 42.4 Å². The summed E-state index contributed by atoms with van der Waals surface area (Å²) in [6.07, 6.45) is 5.07. The van der Waals surface area contributed by atoms with Crippen LogP contribution in [0.4, 0.5) is 5.82 Å². The molecule has 0 atom stereocenters. The van der Waals surface area contributed by atoms with Gasteiger partial charge in [0, 0.05) is 16.5 Å². The molecule has 0 unspecified atom stereocenters. The molecule has 1 heterocycles. The van der Waals surface area contributed by atoms with Crippen LogP contribution in [0.3, 0.4) is 0 Å². The molecule has 1 aromatic carbocycles. The molecule has 1 aromatic heterocycles. The van der Waals surface area contributed by atoms with E-state index in [1.807, 2.05) is 18.2 Å². The topological polar surface area (TPSA) is 58.0 Å². The maximum absolute atomic E-state index is 9.53. The number of hydrogen-bond donors (Lipinski definition) is 2. The molecule has 19 heavy (non-hydrogen) atoms. The van der Waals surface area contributed by atoms with Crippen molar-refractivity contribution in [1.82, 2.24) is 9.97 Å². The van der Waals surface area contributed by atoms with Crippen molar-refractivity contribution in [3.8, 4) is 0 Å². The Morgan fingerprint density at radius 1 is 1.16 bits per heavy atom. The smallest absolute Gasteiger partial charge is 0.137 e. The minimum atomic E-state index is -0.140. The SMILES string of the molecule is OC1CCC(Nc2ncnc3cc(Cl)ccc23)CC1. The highest BCUT2D eigenvalue weighted by atomic mass is 35.5. The zero-order valence-electron chi connectivity index (χ0n) is 10.5. The zero-order valence-corrected chi connectivity index (χ0v) is 11.3. The van der Waals surface area contributed by atoms with E-state index in [0.29, 0.717) is 11.1 Å². The van der Waals surface area contributed by atoms with Crippen LogP contribution in [0.25, 0.3) is 10.9 Å². The number of nitrogens with one attached hydrogen (secondary N) is 1. The first-order chi connectivity index (χ1) is 9.22. The number of hydrogen-bond acceptors (Lipinski definition) is 4. The summed E-state index contributed by atoms with van der Waals surface area (Å²) in [5.74, 6) is 0.850. The van der Waals surface area contributed by atoms with Gasteiger partial charge < -0.3 is 10.4 Å². The zero-order chi connectivity index (χ0) is 13.2. The largest absolute Gasteiger partial charge is 0.393 e. The molecular formula is C14H16ClN3O. The molecule has 0 radical (unpaired) electrons. The standard InChI is InChI=1S/C14H16ClN3O/c15-9-1-6-12-13(7-9)16-8-17-14(12)18-10-2-4-11(19)5-3-10/h1,6-8,10-11,19H,2-5H2,(H,16,17,18). The van der Waals surface area contributed by atoms with Gasteiger partial charge in [0.05, 0.1) is 11.6 Å². The second kappa shape index (κ2) is 5.31. The molecule has 0 saturated heterocycles. The average Bonchev–Trinajstić information content (AvgIpc) is 2.41. The van der Waals surface area contributed by atoms with E-state index in [-0.39, 0.29) is 6.10 Å². The number of aliphatic hydroxyl groups is 1. The van der Waals surface area contributed by atoms with Crippen molar-refractivity contribution in [1.29, 1.82) is 0 Å². The summed E-state index contributed by atoms with van der Waals surface area (Å²) in [4.78, 5) is 8.55. The average molecular weight is 278 g/mol. The molecule has 100 valence electrons. The van der Waals surface area contributed by atoms with Crippen molar-refractivity contribution in [2.75, 3.05) is 5.32 Å². The van der Waals surface area contributed by atoms with Crippen molar-refractivity contribution in [2.24, 2.45) is 0 Å². The van der Waals surface area contributed by atoms with Crippen molar-refractivity contribution < 1.29 is 5.11 Å². The second-order valence-electron chi connectivity index (χ2n) is 5.03. The van der Waals surface area contributed by atoms with E-state index >= 15 is 0 Å². The molecule has 0 amide bonds. The number of fused-ring (bicyclic) bond motifs is 1. The Morgan fingerprint density at radius 3 is 2.74 bits per heavy atom. The summed E-state index contributed by atoms with van der Waals surface area (Å²) in [5, 5.41) is 14.6. The van der Waals surface area contributed by atoms with Gasteiger partial charge in [-0.2, -0.15) is 0 Å². The maximum atomic E-state index is 9.53. The first-order valence-electron chi connectivity index (χ1n) is 6.57. The first kappa shape index (κ1) is 12.6. The van der Waals surface area contributed by atoms with E-state index in [4.69, 9.17) is 11.6 Å². The quantitative estimate of drug-likeness (QED) is 0.886. The van der Waals surface area contributed by atoms with Crippen LogP contribution in [0.15, 0.2) is 24.5 Å². The van der Waals surface area contributed by atoms with Gasteiger partial charge in [0.2, 0.25) is 0 Å². The monoisotopic (exact) mass is 277 g/mol. The fourth-order valence-electron chi connectivity index (χ4n) is 2.56. The third-order valence-electron chi connectivity index (χ3n) is 3.64. The van der Waals surface area contributed by atoms with Gasteiger partial charge in [-0.3, -0.25) is 0 Å². The van der Waals surface area contributed by atoms with Crippen LogP contribution in [-0.4, -0.2) is 27.2 Å². The Labute approximate surface area is 116 Å². The highest BCUT2D eigenvalue weighted by Crippen LogP contribution is 2.26. The molecule has 1 fully saturated rings. The number of halogens is 1. The molecule has 2 N–H and O–H groups in total. The minimum Gasteiger partial charge on any atom is -0.393 e. The minimum absolute atomic E-state index is 0.140. The number of benzene rings is 1. The number of anilines is 1. The fraction of sp³-hybridized carbons (Fsp3) is 0.429. The molecule has 0 aliphatic heterocycles. The summed E-state index contributed by atoms with van der Waals surface area (Å²) in [5.41, 5.74) is 0.848. The van der Waals surface area contributed by atoms with Crippen molar-refractivity contribution >= 4 is 28.3 Å². The van der Waals surface area contributed by atoms with Crippen molar-refractivity contribution in [3.05, 3.63) is 29.5 Å². The van der Waals surface area contributed by atoms with Crippen molar-refractivity contribution in [2.45, 2.75) is 37.8 Å². The first-order valence-corrected chi connectivity index (χ1v) is 6.95. The summed E-state index contributed by atoms with van der Waals surface area (Å²) in [7, 11) is 0.